The Kier molecular flexibility index (Phi) is 5.31. The third kappa shape index (κ3) is 4.04. The van der Waals surface area contributed by atoms with Crippen LogP contribution in [0.25, 0.3) is 0 Å². The van der Waals surface area contributed by atoms with Gasteiger partial charge in [-0.05, 0) is 56.9 Å². The molecule has 2 aromatic carbocycles. The second-order valence-electron chi connectivity index (χ2n) is 6.49. The Bertz CT molecular complexity index is 679. The van der Waals surface area contributed by atoms with Gasteiger partial charge in [0.15, 0.2) is 0 Å². The lowest BCUT2D eigenvalue weighted by atomic mass is 10.1. The van der Waals surface area contributed by atoms with E-state index in [9.17, 15) is 0 Å². The molecule has 24 heavy (non-hydrogen) atoms. The highest BCUT2D eigenvalue weighted by atomic mass is 16.5. The first kappa shape index (κ1) is 16.7. The molecule has 0 aromatic heterocycles. The van der Waals surface area contributed by atoms with E-state index < -0.39 is 0 Å². The largest absolute Gasteiger partial charge is 0.475 e. The van der Waals surface area contributed by atoms with Crippen LogP contribution in [0, 0.1) is 13.8 Å². The molecule has 2 aromatic rings. The number of hydrogen-bond acceptors (Lipinski definition) is 3. The number of nitrogens with zero attached hydrogens (tertiary/aromatic N) is 2. The summed E-state index contributed by atoms with van der Waals surface area (Å²) in [5, 5.41) is 0. The lowest BCUT2D eigenvalue weighted by molar-refractivity contribution is 0.0382. The van der Waals surface area contributed by atoms with Gasteiger partial charge in [-0.2, -0.15) is 0 Å². The fourth-order valence-corrected chi connectivity index (χ4v) is 3.17. The van der Waals surface area contributed by atoms with Crippen molar-refractivity contribution in [2.75, 3.05) is 13.1 Å². The van der Waals surface area contributed by atoms with E-state index in [-0.39, 0.29) is 6.23 Å². The second-order valence-corrected chi connectivity index (χ2v) is 6.49. The highest BCUT2D eigenvalue weighted by molar-refractivity contribution is 5.87. The van der Waals surface area contributed by atoms with Crippen molar-refractivity contribution in [1.82, 2.24) is 4.90 Å². The number of piperidine rings is 1. The maximum atomic E-state index is 6.25. The zero-order chi connectivity index (χ0) is 16.9. The number of benzene rings is 2. The van der Waals surface area contributed by atoms with Crippen LogP contribution in [0.4, 0.5) is 5.69 Å². The van der Waals surface area contributed by atoms with Crippen LogP contribution in [0.15, 0.2) is 53.5 Å². The maximum Gasteiger partial charge on any atom is 0.149 e. The molecule has 0 aliphatic carbocycles. The van der Waals surface area contributed by atoms with Gasteiger partial charge in [0.05, 0.1) is 5.69 Å². The molecule has 0 spiro atoms. The molecule has 1 aliphatic heterocycles. The molecule has 0 N–H and O–H groups in total. The summed E-state index contributed by atoms with van der Waals surface area (Å²) in [6, 6.07) is 16.5. The molecule has 1 heterocycles. The third-order valence-corrected chi connectivity index (χ3v) is 4.63. The summed E-state index contributed by atoms with van der Waals surface area (Å²) in [6.07, 6.45) is 2.10. The molecule has 1 atom stereocenters. The molecule has 3 rings (SSSR count). The number of aliphatic imine (C=N–C) groups is 1. The predicted octanol–water partition coefficient (Wildman–Crippen LogP) is 4.90. The lowest BCUT2D eigenvalue weighted by Gasteiger charge is -2.33. The average Bonchev–Trinajstić information content (AvgIpc) is 2.60. The number of rotatable bonds is 4. The van der Waals surface area contributed by atoms with E-state index in [4.69, 9.17) is 9.73 Å². The summed E-state index contributed by atoms with van der Waals surface area (Å²) in [5.41, 5.74) is 4.74. The predicted molar refractivity (Wildman–Crippen MR) is 100 cm³/mol. The molecule has 1 fully saturated rings. The Hall–Kier alpha value is -2.13. The highest BCUT2D eigenvalue weighted by Crippen LogP contribution is 2.25. The number of aryl methyl sites for hydroxylation is 2. The average molecular weight is 322 g/mol. The lowest BCUT2D eigenvalue weighted by Crippen LogP contribution is -2.43. The van der Waals surface area contributed by atoms with Crippen LogP contribution in [-0.4, -0.2) is 29.9 Å². The van der Waals surface area contributed by atoms with Crippen molar-refractivity contribution in [3.8, 4) is 5.75 Å². The van der Waals surface area contributed by atoms with Crippen LogP contribution in [0.1, 0.15) is 30.9 Å². The number of hydrogen-bond donors (Lipinski definition) is 0. The Morgan fingerprint density at radius 1 is 0.917 bits per heavy atom. The van der Waals surface area contributed by atoms with E-state index in [2.05, 4.69) is 56.0 Å². The molecule has 0 bridgehead atoms. The van der Waals surface area contributed by atoms with Crippen molar-refractivity contribution >= 4 is 11.4 Å². The quantitative estimate of drug-likeness (QED) is 0.800. The molecule has 1 saturated heterocycles. The first-order valence-corrected chi connectivity index (χ1v) is 8.72. The Morgan fingerprint density at radius 2 is 1.54 bits per heavy atom. The molecule has 1 unspecified atom stereocenters. The molecule has 3 heteroatoms. The van der Waals surface area contributed by atoms with E-state index in [0.717, 1.165) is 37.4 Å². The summed E-state index contributed by atoms with van der Waals surface area (Å²) in [6.45, 7) is 8.35. The first-order valence-electron chi connectivity index (χ1n) is 8.72. The molecule has 0 radical (unpaired) electrons. The summed E-state index contributed by atoms with van der Waals surface area (Å²) < 4.78 is 6.25. The van der Waals surface area contributed by atoms with Crippen LogP contribution >= 0.6 is 0 Å². The minimum Gasteiger partial charge on any atom is -0.475 e. The molecule has 0 saturated carbocycles. The van der Waals surface area contributed by atoms with Crippen LogP contribution in [0.5, 0.6) is 5.75 Å². The molecular formula is C21H26N2O. The third-order valence-electron chi connectivity index (χ3n) is 4.63. The minimum absolute atomic E-state index is 0.0862. The van der Waals surface area contributed by atoms with Gasteiger partial charge in [-0.1, -0.05) is 36.4 Å². The number of likely N-dealkylation sites (tertiary alicyclic amines) is 1. The van der Waals surface area contributed by atoms with Crippen molar-refractivity contribution in [2.24, 2.45) is 4.99 Å². The van der Waals surface area contributed by atoms with Crippen LogP contribution in [0.2, 0.25) is 0 Å². The Labute approximate surface area is 145 Å². The van der Waals surface area contributed by atoms with Gasteiger partial charge >= 0.3 is 0 Å². The Balaban J connectivity index is 1.59. The number of ether oxygens (including phenoxy) is 1. The van der Waals surface area contributed by atoms with E-state index in [1.807, 2.05) is 18.2 Å². The van der Waals surface area contributed by atoms with Gasteiger partial charge in [0.25, 0.3) is 0 Å². The minimum atomic E-state index is 0.0862. The standard InChI is InChI=1S/C21H26N2O/c1-16-8-7-9-17(2)21(16)24-18(3)23-14-12-20(13-15-23)22-19-10-5-4-6-11-19/h4-11,18H,12-15H2,1-3H3. The van der Waals surface area contributed by atoms with E-state index in [1.54, 1.807) is 0 Å². The highest BCUT2D eigenvalue weighted by Gasteiger charge is 2.21. The summed E-state index contributed by atoms with van der Waals surface area (Å²) in [4.78, 5) is 7.17. The second kappa shape index (κ2) is 7.63. The van der Waals surface area contributed by atoms with E-state index in [1.165, 1.54) is 16.8 Å². The van der Waals surface area contributed by atoms with Gasteiger partial charge < -0.3 is 4.74 Å². The zero-order valence-corrected chi connectivity index (χ0v) is 14.8. The number of para-hydroxylation sites is 2. The van der Waals surface area contributed by atoms with Crippen molar-refractivity contribution in [1.29, 1.82) is 0 Å². The summed E-state index contributed by atoms with van der Waals surface area (Å²) in [7, 11) is 0. The maximum absolute atomic E-state index is 6.25. The fourth-order valence-electron chi connectivity index (χ4n) is 3.17. The van der Waals surface area contributed by atoms with Crippen molar-refractivity contribution in [3.63, 3.8) is 0 Å². The molecule has 1 aliphatic rings. The van der Waals surface area contributed by atoms with Crippen molar-refractivity contribution < 1.29 is 4.74 Å². The van der Waals surface area contributed by atoms with E-state index >= 15 is 0 Å². The molecule has 0 amide bonds. The first-order chi connectivity index (χ1) is 11.6. The molecule has 126 valence electrons. The summed E-state index contributed by atoms with van der Waals surface area (Å²) >= 11 is 0. The van der Waals surface area contributed by atoms with Gasteiger partial charge in [0.1, 0.15) is 12.0 Å². The summed E-state index contributed by atoms with van der Waals surface area (Å²) in [5.74, 6) is 1.02. The van der Waals surface area contributed by atoms with Crippen molar-refractivity contribution in [2.45, 2.75) is 39.8 Å². The smallest absolute Gasteiger partial charge is 0.149 e. The SMILES string of the molecule is Cc1cccc(C)c1OC(C)N1CCC(=Nc2ccccc2)CC1. The van der Waals surface area contributed by atoms with Gasteiger partial charge in [-0.3, -0.25) is 9.89 Å². The van der Waals surface area contributed by atoms with Gasteiger partial charge in [-0.15, -0.1) is 0 Å². The normalized spacial score (nSPS) is 16.7. The fraction of sp³-hybridized carbons (Fsp3) is 0.381. The van der Waals surface area contributed by atoms with E-state index in [0.29, 0.717) is 0 Å². The van der Waals surface area contributed by atoms with Crippen molar-refractivity contribution in [3.05, 3.63) is 59.7 Å². The van der Waals surface area contributed by atoms with Gasteiger partial charge in [0.2, 0.25) is 0 Å². The van der Waals surface area contributed by atoms with Gasteiger partial charge in [-0.25, -0.2) is 0 Å². The van der Waals surface area contributed by atoms with Crippen LogP contribution in [-0.2, 0) is 0 Å². The molecular weight excluding hydrogens is 296 g/mol. The van der Waals surface area contributed by atoms with Crippen LogP contribution in [0.3, 0.4) is 0 Å². The topological polar surface area (TPSA) is 24.8 Å². The molecule has 3 nitrogen and oxygen atoms in total. The van der Waals surface area contributed by atoms with Gasteiger partial charge in [0, 0.05) is 18.8 Å². The Morgan fingerprint density at radius 3 is 2.17 bits per heavy atom. The zero-order valence-electron chi connectivity index (χ0n) is 14.8. The van der Waals surface area contributed by atoms with Crippen LogP contribution < -0.4 is 4.74 Å². The monoisotopic (exact) mass is 322 g/mol.